The number of nitrogens with zero attached hydrogens (tertiary/aromatic N) is 2. The lowest BCUT2D eigenvalue weighted by atomic mass is 9.88. The monoisotopic (exact) mass is 430 g/mol. The highest BCUT2D eigenvalue weighted by atomic mass is 32.1. The summed E-state index contributed by atoms with van der Waals surface area (Å²) in [5, 5.41) is 2.73. The minimum absolute atomic E-state index is 0.0937. The van der Waals surface area contributed by atoms with Crippen LogP contribution in [0, 0.1) is 5.92 Å². The van der Waals surface area contributed by atoms with Crippen molar-refractivity contribution in [2.45, 2.75) is 51.0 Å². The fraction of sp³-hybridized carbons (Fsp3) is 0.565. The van der Waals surface area contributed by atoms with E-state index < -0.39 is 0 Å². The third-order valence-electron chi connectivity index (χ3n) is 6.04. The summed E-state index contributed by atoms with van der Waals surface area (Å²) in [4.78, 5) is 20.2. The van der Waals surface area contributed by atoms with Gasteiger partial charge < -0.3 is 14.2 Å². The molecule has 7 heteroatoms. The number of thiazole rings is 1. The summed E-state index contributed by atoms with van der Waals surface area (Å²) in [6.07, 6.45) is 7.59. The molecule has 162 valence electrons. The maximum absolute atomic E-state index is 13.4. The van der Waals surface area contributed by atoms with E-state index >= 15 is 0 Å². The molecule has 1 aliphatic carbocycles. The van der Waals surface area contributed by atoms with Crippen molar-refractivity contribution < 1.29 is 19.0 Å². The topological polar surface area (TPSA) is 60.9 Å². The molecule has 1 aliphatic heterocycles. The molecule has 1 aromatic heterocycles. The van der Waals surface area contributed by atoms with Crippen LogP contribution >= 0.6 is 11.3 Å². The van der Waals surface area contributed by atoms with Crippen LogP contribution in [0.3, 0.4) is 0 Å². The molecular formula is C23H30N2O4S. The van der Waals surface area contributed by atoms with Gasteiger partial charge in [0.25, 0.3) is 0 Å². The minimum atomic E-state index is 0.0937. The van der Waals surface area contributed by atoms with Crippen LogP contribution in [0.4, 0.5) is 5.13 Å². The van der Waals surface area contributed by atoms with Gasteiger partial charge in [-0.05, 0) is 43.9 Å². The Hall–Kier alpha value is -2.12. The standard InChI is InChI=1S/C23H30N2O4S/c1-27-17-10-11-21(28-2)19(13-17)20-15-30-23(24-20)25(14-18-9-6-12-29-18)22(26)16-7-4-3-5-8-16/h10-11,13,15-16,18H,3-9,12,14H2,1-2H3/t18-/m1/s1. The van der Waals surface area contributed by atoms with Crippen LogP contribution in [0.25, 0.3) is 11.3 Å². The first-order chi connectivity index (χ1) is 14.7. The van der Waals surface area contributed by atoms with E-state index in [0.29, 0.717) is 6.54 Å². The number of methoxy groups -OCH3 is 2. The van der Waals surface area contributed by atoms with E-state index in [0.717, 1.165) is 73.0 Å². The van der Waals surface area contributed by atoms with Crippen molar-refractivity contribution in [3.05, 3.63) is 23.6 Å². The average molecular weight is 431 g/mol. The molecule has 1 amide bonds. The van der Waals surface area contributed by atoms with Gasteiger partial charge in [0.1, 0.15) is 11.5 Å². The lowest BCUT2D eigenvalue weighted by Crippen LogP contribution is -2.41. The number of hydrogen-bond acceptors (Lipinski definition) is 6. The van der Waals surface area contributed by atoms with E-state index in [2.05, 4.69) is 0 Å². The van der Waals surface area contributed by atoms with Gasteiger partial charge in [-0.15, -0.1) is 11.3 Å². The third-order valence-corrected chi connectivity index (χ3v) is 6.90. The van der Waals surface area contributed by atoms with Crippen LogP contribution in [-0.2, 0) is 9.53 Å². The summed E-state index contributed by atoms with van der Waals surface area (Å²) < 4.78 is 16.8. The number of aromatic nitrogens is 1. The lowest BCUT2D eigenvalue weighted by Gasteiger charge is -2.29. The van der Waals surface area contributed by atoms with Gasteiger partial charge in [0.05, 0.1) is 32.6 Å². The number of benzene rings is 1. The molecule has 4 rings (SSSR count). The average Bonchev–Trinajstić information content (AvgIpc) is 3.49. The lowest BCUT2D eigenvalue weighted by molar-refractivity contribution is -0.123. The largest absolute Gasteiger partial charge is 0.497 e. The Labute approximate surface area is 182 Å². The normalized spacial score (nSPS) is 19.6. The van der Waals surface area contributed by atoms with Crippen LogP contribution in [0.15, 0.2) is 23.6 Å². The predicted molar refractivity (Wildman–Crippen MR) is 119 cm³/mol. The molecule has 0 unspecified atom stereocenters. The molecule has 1 saturated carbocycles. The molecule has 0 bridgehead atoms. The van der Waals surface area contributed by atoms with Gasteiger partial charge in [0, 0.05) is 23.5 Å². The van der Waals surface area contributed by atoms with Crippen molar-refractivity contribution in [2.24, 2.45) is 5.92 Å². The van der Waals surface area contributed by atoms with Gasteiger partial charge in [-0.3, -0.25) is 9.69 Å². The van der Waals surface area contributed by atoms with Gasteiger partial charge in [0.2, 0.25) is 5.91 Å². The Morgan fingerprint density at radius 1 is 1.17 bits per heavy atom. The van der Waals surface area contributed by atoms with E-state index in [1.165, 1.54) is 17.8 Å². The number of amides is 1. The fourth-order valence-electron chi connectivity index (χ4n) is 4.35. The number of carbonyl (C=O) groups is 1. The van der Waals surface area contributed by atoms with E-state index in [9.17, 15) is 4.79 Å². The molecule has 0 N–H and O–H groups in total. The molecular weight excluding hydrogens is 400 g/mol. The molecule has 1 saturated heterocycles. The Morgan fingerprint density at radius 3 is 2.70 bits per heavy atom. The van der Waals surface area contributed by atoms with Crippen LogP contribution in [0.5, 0.6) is 11.5 Å². The Morgan fingerprint density at radius 2 is 2.00 bits per heavy atom. The molecule has 1 aromatic carbocycles. The summed E-state index contributed by atoms with van der Waals surface area (Å²) in [5.74, 6) is 1.77. The first kappa shape index (κ1) is 21.1. The number of ether oxygens (including phenoxy) is 3. The van der Waals surface area contributed by atoms with Gasteiger partial charge >= 0.3 is 0 Å². The summed E-state index contributed by atoms with van der Waals surface area (Å²) in [7, 11) is 3.29. The second-order valence-corrected chi connectivity index (χ2v) is 8.84. The zero-order valence-corrected chi connectivity index (χ0v) is 18.6. The van der Waals surface area contributed by atoms with E-state index in [1.54, 1.807) is 14.2 Å². The zero-order valence-electron chi connectivity index (χ0n) is 17.8. The molecule has 2 heterocycles. The molecule has 0 spiro atoms. The third kappa shape index (κ3) is 4.62. The second kappa shape index (κ2) is 9.79. The summed E-state index contributed by atoms with van der Waals surface area (Å²) in [5.41, 5.74) is 1.65. The van der Waals surface area contributed by atoms with Crippen molar-refractivity contribution in [2.75, 3.05) is 32.3 Å². The fourth-order valence-corrected chi connectivity index (χ4v) is 5.19. The summed E-state index contributed by atoms with van der Waals surface area (Å²) >= 11 is 1.50. The van der Waals surface area contributed by atoms with Crippen LogP contribution < -0.4 is 14.4 Å². The first-order valence-corrected chi connectivity index (χ1v) is 11.7. The highest BCUT2D eigenvalue weighted by Crippen LogP contribution is 2.37. The SMILES string of the molecule is COc1ccc(OC)c(-c2csc(N(C[C@H]3CCCO3)C(=O)C3CCCCC3)n2)c1. The Kier molecular flexibility index (Phi) is 6.89. The highest BCUT2D eigenvalue weighted by molar-refractivity contribution is 7.14. The maximum atomic E-state index is 13.4. The Balaban J connectivity index is 1.63. The second-order valence-electron chi connectivity index (χ2n) is 8.00. The van der Waals surface area contributed by atoms with Crippen LogP contribution in [-0.4, -0.2) is 44.4 Å². The van der Waals surface area contributed by atoms with E-state index in [-0.39, 0.29) is 17.9 Å². The summed E-state index contributed by atoms with van der Waals surface area (Å²) in [6, 6.07) is 5.67. The molecule has 2 fully saturated rings. The number of hydrogen-bond donors (Lipinski definition) is 0. The van der Waals surface area contributed by atoms with Gasteiger partial charge in [-0.1, -0.05) is 19.3 Å². The van der Waals surface area contributed by atoms with Gasteiger partial charge in [-0.25, -0.2) is 4.98 Å². The predicted octanol–water partition coefficient (Wildman–Crippen LogP) is 4.92. The molecule has 0 radical (unpaired) electrons. The number of anilines is 1. The summed E-state index contributed by atoms with van der Waals surface area (Å²) in [6.45, 7) is 1.36. The number of rotatable bonds is 7. The number of carbonyl (C=O) groups excluding carboxylic acids is 1. The van der Waals surface area contributed by atoms with Gasteiger partial charge in [0.15, 0.2) is 5.13 Å². The maximum Gasteiger partial charge on any atom is 0.231 e. The van der Waals surface area contributed by atoms with Gasteiger partial charge in [-0.2, -0.15) is 0 Å². The van der Waals surface area contributed by atoms with Crippen LogP contribution in [0.1, 0.15) is 44.9 Å². The first-order valence-electron chi connectivity index (χ1n) is 10.8. The van der Waals surface area contributed by atoms with Crippen molar-refractivity contribution >= 4 is 22.4 Å². The molecule has 6 nitrogen and oxygen atoms in total. The highest BCUT2D eigenvalue weighted by Gasteiger charge is 2.31. The van der Waals surface area contributed by atoms with Crippen molar-refractivity contribution in [3.63, 3.8) is 0 Å². The molecule has 2 aliphatic rings. The van der Waals surface area contributed by atoms with E-state index in [1.807, 2.05) is 28.5 Å². The van der Waals surface area contributed by atoms with Crippen LogP contribution in [0.2, 0.25) is 0 Å². The quantitative estimate of drug-likeness (QED) is 0.624. The molecule has 1 atom stereocenters. The molecule has 30 heavy (non-hydrogen) atoms. The van der Waals surface area contributed by atoms with Crippen molar-refractivity contribution in [3.8, 4) is 22.8 Å². The van der Waals surface area contributed by atoms with Crippen molar-refractivity contribution in [1.82, 2.24) is 4.98 Å². The van der Waals surface area contributed by atoms with Crippen molar-refractivity contribution in [1.29, 1.82) is 0 Å². The zero-order chi connectivity index (χ0) is 20.9. The smallest absolute Gasteiger partial charge is 0.231 e. The van der Waals surface area contributed by atoms with E-state index in [4.69, 9.17) is 19.2 Å². The Bertz CT molecular complexity index is 857. The molecule has 2 aromatic rings. The minimum Gasteiger partial charge on any atom is -0.497 e.